The molecule has 3 heterocycles. The van der Waals surface area contributed by atoms with Gasteiger partial charge >= 0.3 is 0 Å². The maximum absolute atomic E-state index is 12.2. The van der Waals surface area contributed by atoms with E-state index in [1.807, 2.05) is 6.92 Å². The molecule has 1 fully saturated rings. The van der Waals surface area contributed by atoms with Gasteiger partial charge in [-0.3, -0.25) is 14.3 Å². The van der Waals surface area contributed by atoms with Crippen LogP contribution in [0.4, 0.5) is 5.95 Å². The summed E-state index contributed by atoms with van der Waals surface area (Å²) >= 11 is 1.39. The van der Waals surface area contributed by atoms with Crippen LogP contribution in [0, 0.1) is 0 Å². The van der Waals surface area contributed by atoms with E-state index in [9.17, 15) is 15.0 Å². The molecule has 11 heteroatoms. The Morgan fingerprint density at radius 3 is 2.70 bits per heavy atom. The number of nitrogens with zero attached hydrogens (tertiary/aromatic N) is 3. The van der Waals surface area contributed by atoms with Crippen LogP contribution in [0.1, 0.15) is 19.6 Å². The number of aromatic nitrogens is 4. The number of fused-ring (bicyclic) bond motifs is 1. The first-order chi connectivity index (χ1) is 12.6. The lowest BCUT2D eigenvalue weighted by atomic mass is 10.1. The molecule has 2 aromatic rings. The van der Waals surface area contributed by atoms with E-state index < -0.39 is 37.0 Å². The quantitative estimate of drug-likeness (QED) is 0.396. The maximum Gasteiger partial charge on any atom is 0.280 e. The number of thioether (sulfide) groups is 1. The summed E-state index contributed by atoms with van der Waals surface area (Å²) in [6.07, 6.45) is 1.97. The third-order valence-corrected chi connectivity index (χ3v) is 6.72. The van der Waals surface area contributed by atoms with Gasteiger partial charge in [-0.1, -0.05) is 18.7 Å². The molecule has 27 heavy (non-hydrogen) atoms. The summed E-state index contributed by atoms with van der Waals surface area (Å²) in [7, 11) is 0. The molecule has 1 saturated heterocycles. The van der Waals surface area contributed by atoms with Crippen LogP contribution in [-0.2, 0) is 4.74 Å². The summed E-state index contributed by atoms with van der Waals surface area (Å²) in [5.41, 5.74) is 5.59. The average Bonchev–Trinajstić information content (AvgIpc) is 3.04. The van der Waals surface area contributed by atoms with Gasteiger partial charge in [0.2, 0.25) is 5.95 Å². The fourth-order valence-corrected chi connectivity index (χ4v) is 4.80. The number of imidazole rings is 1. The maximum atomic E-state index is 12.2. The Labute approximate surface area is 161 Å². The zero-order chi connectivity index (χ0) is 19.9. The molecule has 3 rings (SSSR count). The number of ether oxygens (including phenoxy) is 1. The number of rotatable bonds is 6. The fourth-order valence-electron chi connectivity index (χ4n) is 3.10. The number of hydrogen-bond acceptors (Lipinski definition) is 8. The van der Waals surface area contributed by atoms with Crippen molar-refractivity contribution in [1.29, 1.82) is 0 Å². The van der Waals surface area contributed by atoms with Crippen LogP contribution in [0.15, 0.2) is 9.95 Å². The second-order valence-corrected chi connectivity index (χ2v) is 12.9. The summed E-state index contributed by atoms with van der Waals surface area (Å²) in [6, 6.07) is 0. The van der Waals surface area contributed by atoms with E-state index in [0.29, 0.717) is 17.3 Å². The zero-order valence-electron chi connectivity index (χ0n) is 15.6. The highest BCUT2D eigenvalue weighted by Crippen LogP contribution is 2.40. The van der Waals surface area contributed by atoms with E-state index in [0.717, 1.165) is 6.16 Å². The topological polar surface area (TPSA) is 139 Å². The monoisotopic (exact) mass is 415 g/mol. The molecule has 0 spiro atoms. The van der Waals surface area contributed by atoms with E-state index >= 15 is 0 Å². The van der Waals surface area contributed by atoms with Crippen molar-refractivity contribution < 1.29 is 14.9 Å². The zero-order valence-corrected chi connectivity index (χ0v) is 17.3. The molecule has 0 radical (unpaired) electrons. The number of aliphatic hydroxyl groups excluding tert-OH is 2. The standard InChI is InChI=1S/C16H26N5O4PS/c1-5-27-16-18-9-12(19-15(17)20-13(9)24)21(16)14-11(23)10(22)8(25-14)6-7-26(2,3)4/h8,10-11,14,22-23H,2,5-7H2,1,3-4H3,(H3,17,19,20,24)/t8-,10-,11-,14?/m1/s1. The van der Waals surface area contributed by atoms with Crippen molar-refractivity contribution in [3.8, 4) is 0 Å². The van der Waals surface area contributed by atoms with Gasteiger partial charge in [0.25, 0.3) is 5.56 Å². The summed E-state index contributed by atoms with van der Waals surface area (Å²) in [4.78, 5) is 23.1. The van der Waals surface area contributed by atoms with Gasteiger partial charge in [-0.2, -0.15) is 4.98 Å². The molecule has 4 atom stereocenters. The number of H-pyrrole nitrogens is 1. The van der Waals surface area contributed by atoms with E-state index in [2.05, 4.69) is 34.6 Å². The average molecular weight is 415 g/mol. The third kappa shape index (κ3) is 4.09. The van der Waals surface area contributed by atoms with Crippen LogP contribution in [0.25, 0.3) is 11.2 Å². The first kappa shape index (κ1) is 20.4. The number of aliphatic hydroxyl groups is 2. The molecule has 0 aliphatic carbocycles. The van der Waals surface area contributed by atoms with Gasteiger partial charge in [-0.15, -0.1) is 13.2 Å². The Hall–Kier alpha value is -1.32. The van der Waals surface area contributed by atoms with Crippen LogP contribution in [0.2, 0.25) is 0 Å². The molecule has 1 unspecified atom stereocenters. The molecule has 0 saturated carbocycles. The lowest BCUT2D eigenvalue weighted by Gasteiger charge is -2.19. The largest absolute Gasteiger partial charge is 0.388 e. The van der Waals surface area contributed by atoms with Crippen molar-refractivity contribution in [2.75, 3.05) is 31.0 Å². The highest BCUT2D eigenvalue weighted by Gasteiger charge is 2.45. The van der Waals surface area contributed by atoms with Gasteiger partial charge in [0.15, 0.2) is 22.5 Å². The van der Waals surface area contributed by atoms with Crippen molar-refractivity contribution in [3.63, 3.8) is 0 Å². The van der Waals surface area contributed by atoms with Crippen molar-refractivity contribution in [2.24, 2.45) is 0 Å². The number of nitrogens with one attached hydrogen (secondary N) is 1. The molecule has 9 nitrogen and oxygen atoms in total. The summed E-state index contributed by atoms with van der Waals surface area (Å²) in [5, 5.41) is 21.6. The van der Waals surface area contributed by atoms with Crippen molar-refractivity contribution in [2.45, 2.75) is 43.0 Å². The predicted octanol–water partition coefficient (Wildman–Crippen LogP) is 0.532. The van der Waals surface area contributed by atoms with Crippen LogP contribution < -0.4 is 11.3 Å². The lowest BCUT2D eigenvalue weighted by Crippen LogP contribution is -2.32. The first-order valence-corrected chi connectivity index (χ1v) is 12.8. The molecular weight excluding hydrogens is 389 g/mol. The Balaban J connectivity index is 2.02. The fraction of sp³-hybridized carbons (Fsp3) is 0.625. The Morgan fingerprint density at radius 1 is 1.37 bits per heavy atom. The molecule has 0 amide bonds. The summed E-state index contributed by atoms with van der Waals surface area (Å²) < 4.78 is 7.57. The van der Waals surface area contributed by atoms with Crippen molar-refractivity contribution >= 4 is 42.1 Å². The van der Waals surface area contributed by atoms with E-state index in [1.165, 1.54) is 11.8 Å². The molecule has 1 aliphatic heterocycles. The SMILES string of the molecule is C=P(C)(C)CC[C@H]1OC(n2c(SCC)nc3c(=O)[nH]c(N)nc32)[C@H](O)[C@@H]1O. The highest BCUT2D eigenvalue weighted by molar-refractivity contribution is 7.99. The Kier molecular flexibility index (Phi) is 5.74. The molecule has 150 valence electrons. The van der Waals surface area contributed by atoms with Crippen LogP contribution >= 0.6 is 18.6 Å². The van der Waals surface area contributed by atoms with Gasteiger partial charge < -0.3 is 20.7 Å². The second kappa shape index (κ2) is 7.60. The van der Waals surface area contributed by atoms with Gasteiger partial charge in [0.1, 0.15) is 12.2 Å². The minimum absolute atomic E-state index is 0.0464. The number of nitrogens with two attached hydrogens (primary N) is 1. The number of aromatic amines is 1. The number of nitrogen functional groups attached to an aromatic ring is 1. The molecule has 5 N–H and O–H groups in total. The van der Waals surface area contributed by atoms with Gasteiger partial charge in [0.05, 0.1) is 6.10 Å². The van der Waals surface area contributed by atoms with E-state index in [1.54, 1.807) is 4.57 Å². The van der Waals surface area contributed by atoms with Crippen molar-refractivity contribution in [1.82, 2.24) is 19.5 Å². The van der Waals surface area contributed by atoms with E-state index in [4.69, 9.17) is 10.5 Å². The van der Waals surface area contributed by atoms with Crippen LogP contribution in [-0.4, -0.2) is 79.6 Å². The first-order valence-electron chi connectivity index (χ1n) is 8.72. The van der Waals surface area contributed by atoms with Gasteiger partial charge in [0, 0.05) is 0 Å². The minimum Gasteiger partial charge on any atom is -0.388 e. The number of anilines is 1. The van der Waals surface area contributed by atoms with Gasteiger partial charge in [-0.25, -0.2) is 4.98 Å². The lowest BCUT2D eigenvalue weighted by molar-refractivity contribution is -0.0400. The molecule has 0 aromatic carbocycles. The smallest absolute Gasteiger partial charge is 0.280 e. The Morgan fingerprint density at radius 2 is 2.07 bits per heavy atom. The normalized spacial score (nSPS) is 26.1. The van der Waals surface area contributed by atoms with Gasteiger partial charge in [-0.05, 0) is 31.7 Å². The predicted molar refractivity (Wildman–Crippen MR) is 110 cm³/mol. The highest BCUT2D eigenvalue weighted by atomic mass is 32.2. The molecular formula is C16H26N5O4PS. The molecule has 1 aliphatic rings. The van der Waals surface area contributed by atoms with Crippen LogP contribution in [0.5, 0.6) is 0 Å². The second-order valence-electron chi connectivity index (χ2n) is 7.32. The minimum atomic E-state index is -1.29. The Bertz CT molecular complexity index is 939. The van der Waals surface area contributed by atoms with Crippen molar-refractivity contribution in [3.05, 3.63) is 10.4 Å². The summed E-state index contributed by atoms with van der Waals surface area (Å²) in [6.45, 7) is 4.88. The number of hydrogen-bond donors (Lipinski definition) is 4. The van der Waals surface area contributed by atoms with E-state index in [-0.39, 0.29) is 17.1 Å². The van der Waals surface area contributed by atoms with Crippen LogP contribution in [0.3, 0.4) is 0 Å². The molecule has 0 bridgehead atoms. The molecule has 2 aromatic heterocycles. The third-order valence-electron chi connectivity index (χ3n) is 4.42. The summed E-state index contributed by atoms with van der Waals surface area (Å²) in [5.74, 6) is 0.654.